The van der Waals surface area contributed by atoms with Crippen molar-refractivity contribution < 1.29 is 18.7 Å². The van der Waals surface area contributed by atoms with Crippen LogP contribution in [0.15, 0.2) is 53.1 Å². The number of furan rings is 1. The number of fused-ring (bicyclic) bond motifs is 1. The minimum Gasteiger partial charge on any atom is -0.497 e. The molecule has 0 spiro atoms. The molecule has 6 heteroatoms. The van der Waals surface area contributed by atoms with E-state index >= 15 is 0 Å². The molecule has 1 saturated heterocycles. The highest BCUT2D eigenvalue weighted by Crippen LogP contribution is 2.25. The average Bonchev–Trinajstić information content (AvgIpc) is 3.16. The van der Waals surface area contributed by atoms with E-state index in [1.165, 1.54) is 5.56 Å². The topological polar surface area (TPSA) is 63.9 Å². The van der Waals surface area contributed by atoms with Gasteiger partial charge in [-0.2, -0.15) is 0 Å². The SMILES string of the molecule is COc1ccc2c(CC(=O)NCc3ccc(CN4CCOCC4)cc3)coc2c1. The quantitative estimate of drug-likeness (QED) is 0.667. The first-order valence-corrected chi connectivity index (χ1v) is 9.90. The van der Waals surface area contributed by atoms with E-state index in [-0.39, 0.29) is 12.3 Å². The fourth-order valence-corrected chi connectivity index (χ4v) is 3.54. The van der Waals surface area contributed by atoms with Gasteiger partial charge in [0.05, 0.1) is 33.0 Å². The van der Waals surface area contributed by atoms with Crippen LogP contribution in [0.25, 0.3) is 11.0 Å². The summed E-state index contributed by atoms with van der Waals surface area (Å²) >= 11 is 0. The van der Waals surface area contributed by atoms with Gasteiger partial charge in [0.2, 0.25) is 5.91 Å². The van der Waals surface area contributed by atoms with Crippen LogP contribution in [0, 0.1) is 0 Å². The molecule has 2 aromatic carbocycles. The maximum Gasteiger partial charge on any atom is 0.224 e. The van der Waals surface area contributed by atoms with Gasteiger partial charge in [0, 0.05) is 43.2 Å². The van der Waals surface area contributed by atoms with E-state index < -0.39 is 0 Å². The Kier molecular flexibility index (Phi) is 6.12. The predicted molar refractivity (Wildman–Crippen MR) is 111 cm³/mol. The summed E-state index contributed by atoms with van der Waals surface area (Å²) in [6.07, 6.45) is 1.93. The molecule has 0 radical (unpaired) electrons. The molecule has 0 unspecified atom stereocenters. The van der Waals surface area contributed by atoms with Crippen LogP contribution in [0.3, 0.4) is 0 Å². The zero-order valence-corrected chi connectivity index (χ0v) is 16.6. The number of carbonyl (C=O) groups is 1. The van der Waals surface area contributed by atoms with E-state index in [0.29, 0.717) is 6.54 Å². The third-order valence-corrected chi connectivity index (χ3v) is 5.24. The minimum absolute atomic E-state index is 0.0269. The summed E-state index contributed by atoms with van der Waals surface area (Å²) in [7, 11) is 1.62. The Labute approximate surface area is 170 Å². The molecule has 0 bridgehead atoms. The summed E-state index contributed by atoms with van der Waals surface area (Å²) in [5, 5.41) is 3.93. The van der Waals surface area contributed by atoms with E-state index in [0.717, 1.165) is 60.7 Å². The molecule has 1 aliphatic rings. The van der Waals surface area contributed by atoms with Crippen molar-refractivity contribution in [1.82, 2.24) is 10.2 Å². The maximum atomic E-state index is 12.4. The first-order chi connectivity index (χ1) is 14.2. The van der Waals surface area contributed by atoms with Gasteiger partial charge in [0.25, 0.3) is 0 Å². The van der Waals surface area contributed by atoms with Crippen molar-refractivity contribution in [2.75, 3.05) is 33.4 Å². The fraction of sp³-hybridized carbons (Fsp3) is 0.348. The zero-order chi connectivity index (χ0) is 20.1. The highest BCUT2D eigenvalue weighted by atomic mass is 16.5. The number of ether oxygens (including phenoxy) is 2. The highest BCUT2D eigenvalue weighted by Gasteiger charge is 2.12. The first kappa shape index (κ1) is 19.5. The lowest BCUT2D eigenvalue weighted by Gasteiger charge is -2.26. The molecule has 1 fully saturated rings. The number of rotatable bonds is 7. The summed E-state index contributed by atoms with van der Waals surface area (Å²) in [6.45, 7) is 5.03. The Balaban J connectivity index is 1.29. The molecule has 152 valence electrons. The van der Waals surface area contributed by atoms with Crippen LogP contribution in [0.1, 0.15) is 16.7 Å². The third kappa shape index (κ3) is 4.96. The van der Waals surface area contributed by atoms with E-state index in [2.05, 4.69) is 34.5 Å². The Morgan fingerprint density at radius 2 is 1.86 bits per heavy atom. The molecule has 3 aromatic rings. The number of nitrogens with zero attached hydrogens (tertiary/aromatic N) is 1. The van der Waals surface area contributed by atoms with Gasteiger partial charge >= 0.3 is 0 Å². The van der Waals surface area contributed by atoms with E-state index in [9.17, 15) is 4.79 Å². The monoisotopic (exact) mass is 394 g/mol. The van der Waals surface area contributed by atoms with Gasteiger partial charge in [-0.3, -0.25) is 9.69 Å². The van der Waals surface area contributed by atoms with Crippen molar-refractivity contribution in [2.24, 2.45) is 0 Å². The van der Waals surface area contributed by atoms with Gasteiger partial charge in [0.1, 0.15) is 11.3 Å². The van der Waals surface area contributed by atoms with Crippen molar-refractivity contribution in [2.45, 2.75) is 19.5 Å². The normalized spacial score (nSPS) is 14.8. The van der Waals surface area contributed by atoms with Gasteiger partial charge in [-0.25, -0.2) is 0 Å². The zero-order valence-electron chi connectivity index (χ0n) is 16.6. The number of morpholine rings is 1. The second-order valence-corrected chi connectivity index (χ2v) is 7.28. The number of hydrogen-bond acceptors (Lipinski definition) is 5. The Morgan fingerprint density at radius 3 is 2.62 bits per heavy atom. The van der Waals surface area contributed by atoms with Gasteiger partial charge in [0.15, 0.2) is 0 Å². The standard InChI is InChI=1S/C23H26N2O4/c1-27-20-6-7-21-19(16-29-22(21)13-20)12-23(26)24-14-17-2-4-18(5-3-17)15-25-8-10-28-11-9-25/h2-7,13,16H,8-12,14-15H2,1H3,(H,24,26). The smallest absolute Gasteiger partial charge is 0.224 e. The van der Waals surface area contributed by atoms with Crippen molar-refractivity contribution in [3.8, 4) is 5.75 Å². The number of methoxy groups -OCH3 is 1. The van der Waals surface area contributed by atoms with E-state index in [1.54, 1.807) is 13.4 Å². The summed E-state index contributed by atoms with van der Waals surface area (Å²) in [5.74, 6) is 0.709. The Morgan fingerprint density at radius 1 is 1.10 bits per heavy atom. The summed E-state index contributed by atoms with van der Waals surface area (Å²) < 4.78 is 16.2. The summed E-state index contributed by atoms with van der Waals surface area (Å²) in [5.41, 5.74) is 3.97. The molecule has 1 amide bonds. The minimum atomic E-state index is -0.0269. The summed E-state index contributed by atoms with van der Waals surface area (Å²) in [4.78, 5) is 14.8. The van der Waals surface area contributed by atoms with Crippen LogP contribution < -0.4 is 10.1 Å². The molecular weight excluding hydrogens is 368 g/mol. The average molecular weight is 394 g/mol. The van der Waals surface area contributed by atoms with Gasteiger partial charge in [-0.05, 0) is 23.3 Å². The number of amides is 1. The van der Waals surface area contributed by atoms with E-state index in [1.807, 2.05) is 18.2 Å². The molecule has 0 aliphatic carbocycles. The van der Waals surface area contributed by atoms with Crippen LogP contribution in [0.2, 0.25) is 0 Å². The fourth-order valence-electron chi connectivity index (χ4n) is 3.54. The number of benzene rings is 2. The number of nitrogens with one attached hydrogen (secondary N) is 1. The molecular formula is C23H26N2O4. The van der Waals surface area contributed by atoms with Gasteiger partial charge in [-0.15, -0.1) is 0 Å². The van der Waals surface area contributed by atoms with Crippen molar-refractivity contribution in [3.05, 3.63) is 65.4 Å². The summed E-state index contributed by atoms with van der Waals surface area (Å²) in [6, 6.07) is 14.0. The lowest BCUT2D eigenvalue weighted by atomic mass is 10.1. The van der Waals surface area contributed by atoms with E-state index in [4.69, 9.17) is 13.9 Å². The lowest BCUT2D eigenvalue weighted by Crippen LogP contribution is -2.35. The Bertz CT molecular complexity index is 959. The molecule has 1 N–H and O–H groups in total. The molecule has 0 atom stereocenters. The third-order valence-electron chi connectivity index (χ3n) is 5.24. The van der Waals surface area contributed by atoms with Gasteiger partial charge < -0.3 is 19.2 Å². The van der Waals surface area contributed by atoms with Crippen molar-refractivity contribution in [3.63, 3.8) is 0 Å². The van der Waals surface area contributed by atoms with Crippen LogP contribution in [0.4, 0.5) is 0 Å². The highest BCUT2D eigenvalue weighted by molar-refractivity contribution is 5.88. The molecule has 4 rings (SSSR count). The van der Waals surface area contributed by atoms with Crippen LogP contribution in [0.5, 0.6) is 5.75 Å². The van der Waals surface area contributed by atoms with Crippen molar-refractivity contribution >= 4 is 16.9 Å². The molecule has 6 nitrogen and oxygen atoms in total. The predicted octanol–water partition coefficient (Wildman–Crippen LogP) is 3.13. The van der Waals surface area contributed by atoms with Crippen LogP contribution in [-0.2, 0) is 29.0 Å². The van der Waals surface area contributed by atoms with Crippen molar-refractivity contribution in [1.29, 1.82) is 0 Å². The molecule has 2 heterocycles. The second-order valence-electron chi connectivity index (χ2n) is 7.28. The largest absolute Gasteiger partial charge is 0.497 e. The lowest BCUT2D eigenvalue weighted by molar-refractivity contribution is -0.120. The first-order valence-electron chi connectivity index (χ1n) is 9.90. The van der Waals surface area contributed by atoms with Gasteiger partial charge in [-0.1, -0.05) is 24.3 Å². The van der Waals surface area contributed by atoms with Crippen LogP contribution in [-0.4, -0.2) is 44.2 Å². The maximum absolute atomic E-state index is 12.4. The number of hydrogen-bond donors (Lipinski definition) is 1. The molecule has 0 saturated carbocycles. The molecule has 1 aliphatic heterocycles. The molecule has 29 heavy (non-hydrogen) atoms. The number of carbonyl (C=O) groups excluding carboxylic acids is 1. The Hall–Kier alpha value is -2.83. The second kappa shape index (κ2) is 9.11. The van der Waals surface area contributed by atoms with Crippen LogP contribution >= 0.6 is 0 Å². The molecule has 1 aromatic heterocycles.